The average Bonchev–Trinajstić information content (AvgIpc) is 2.74. The molecule has 3 unspecified atom stereocenters. The Morgan fingerprint density at radius 3 is 2.59 bits per heavy atom. The first-order chi connectivity index (χ1) is 8.10. The van der Waals surface area contributed by atoms with Gasteiger partial charge >= 0.3 is 0 Å². The molecule has 4 heteroatoms. The third-order valence-electron chi connectivity index (χ3n) is 3.74. The molecule has 3 nitrogen and oxygen atoms in total. The van der Waals surface area contributed by atoms with E-state index in [4.69, 9.17) is 16.3 Å². The molecule has 1 heterocycles. The van der Waals surface area contributed by atoms with Gasteiger partial charge in [0.25, 0.3) is 0 Å². The highest BCUT2D eigenvalue weighted by Crippen LogP contribution is 2.21. The van der Waals surface area contributed by atoms with Crippen molar-refractivity contribution < 1.29 is 9.53 Å². The molecule has 1 amide bonds. The van der Waals surface area contributed by atoms with Crippen molar-refractivity contribution in [3.63, 3.8) is 0 Å². The zero-order valence-corrected chi connectivity index (χ0v) is 11.8. The number of carbonyl (C=O) groups is 1. The van der Waals surface area contributed by atoms with Crippen molar-refractivity contribution in [2.75, 3.05) is 13.2 Å². The Morgan fingerprint density at radius 2 is 2.12 bits per heavy atom. The molecule has 1 aliphatic rings. The first kappa shape index (κ1) is 14.8. The fourth-order valence-corrected chi connectivity index (χ4v) is 2.81. The van der Waals surface area contributed by atoms with Crippen molar-refractivity contribution in [3.05, 3.63) is 0 Å². The lowest BCUT2D eigenvalue weighted by Gasteiger charge is -2.21. The van der Waals surface area contributed by atoms with Gasteiger partial charge in [0.15, 0.2) is 0 Å². The highest BCUT2D eigenvalue weighted by atomic mass is 35.5. The summed E-state index contributed by atoms with van der Waals surface area (Å²) in [5.41, 5.74) is 0. The van der Waals surface area contributed by atoms with E-state index in [0.717, 1.165) is 19.3 Å². The predicted molar refractivity (Wildman–Crippen MR) is 70.2 cm³/mol. The van der Waals surface area contributed by atoms with E-state index in [0.29, 0.717) is 19.1 Å². The molecule has 100 valence electrons. The maximum absolute atomic E-state index is 11.9. The van der Waals surface area contributed by atoms with E-state index in [1.807, 2.05) is 6.92 Å². The summed E-state index contributed by atoms with van der Waals surface area (Å²) < 4.78 is 5.39. The molecule has 0 bridgehead atoms. The monoisotopic (exact) mass is 261 g/mol. The Kier molecular flexibility index (Phi) is 6.28. The van der Waals surface area contributed by atoms with Gasteiger partial charge in [-0.2, -0.15) is 0 Å². The summed E-state index contributed by atoms with van der Waals surface area (Å²) in [7, 11) is 0. The predicted octanol–water partition coefficient (Wildman–Crippen LogP) is 2.57. The lowest BCUT2D eigenvalue weighted by molar-refractivity contribution is -0.126. The lowest BCUT2D eigenvalue weighted by atomic mass is 9.98. The molecule has 0 aliphatic carbocycles. The van der Waals surface area contributed by atoms with Crippen LogP contribution in [0, 0.1) is 11.8 Å². The van der Waals surface area contributed by atoms with Gasteiger partial charge in [-0.25, -0.2) is 0 Å². The van der Waals surface area contributed by atoms with Crippen LogP contribution < -0.4 is 5.32 Å². The highest BCUT2D eigenvalue weighted by molar-refractivity contribution is 6.21. The second-order valence-electron chi connectivity index (χ2n) is 4.81. The first-order valence-corrected chi connectivity index (χ1v) is 7.07. The molecular formula is C13H24ClNO2. The molecule has 1 rings (SSSR count). The SMILES string of the molecule is CCC(CC)C(Cl)CNC(=O)C1CCOC1C. The second kappa shape index (κ2) is 7.22. The van der Waals surface area contributed by atoms with Crippen molar-refractivity contribution >= 4 is 17.5 Å². The molecule has 17 heavy (non-hydrogen) atoms. The summed E-state index contributed by atoms with van der Waals surface area (Å²) >= 11 is 6.29. The Hall–Kier alpha value is -0.280. The molecule has 1 aliphatic heterocycles. The summed E-state index contributed by atoms with van der Waals surface area (Å²) in [5.74, 6) is 0.571. The number of amides is 1. The molecule has 1 N–H and O–H groups in total. The minimum Gasteiger partial charge on any atom is -0.378 e. The summed E-state index contributed by atoms with van der Waals surface area (Å²) in [5, 5.41) is 2.99. The number of alkyl halides is 1. The molecular weight excluding hydrogens is 238 g/mol. The van der Waals surface area contributed by atoms with Crippen LogP contribution in [0.4, 0.5) is 0 Å². The fourth-order valence-electron chi connectivity index (χ4n) is 2.37. The average molecular weight is 262 g/mol. The summed E-state index contributed by atoms with van der Waals surface area (Å²) in [6.07, 6.45) is 2.98. The number of nitrogens with one attached hydrogen (secondary N) is 1. The Balaban J connectivity index is 2.32. The lowest BCUT2D eigenvalue weighted by Crippen LogP contribution is -2.39. The minimum atomic E-state index is 0.000528. The number of rotatable bonds is 6. The number of halogens is 1. The Morgan fingerprint density at radius 1 is 1.47 bits per heavy atom. The van der Waals surface area contributed by atoms with Gasteiger partial charge in [-0.15, -0.1) is 11.6 Å². The van der Waals surface area contributed by atoms with Crippen LogP contribution in [0.2, 0.25) is 0 Å². The zero-order chi connectivity index (χ0) is 12.8. The van der Waals surface area contributed by atoms with Crippen molar-refractivity contribution in [2.45, 2.75) is 51.5 Å². The van der Waals surface area contributed by atoms with Crippen LogP contribution in [0.5, 0.6) is 0 Å². The van der Waals surface area contributed by atoms with Crippen molar-refractivity contribution in [1.82, 2.24) is 5.32 Å². The molecule has 1 fully saturated rings. The van der Waals surface area contributed by atoms with Gasteiger partial charge in [0.2, 0.25) is 5.91 Å². The van der Waals surface area contributed by atoms with Crippen molar-refractivity contribution in [3.8, 4) is 0 Å². The maximum Gasteiger partial charge on any atom is 0.225 e. The van der Waals surface area contributed by atoms with E-state index < -0.39 is 0 Å². The number of ether oxygens (including phenoxy) is 1. The van der Waals surface area contributed by atoms with E-state index in [1.54, 1.807) is 0 Å². The van der Waals surface area contributed by atoms with Crippen LogP contribution in [0.1, 0.15) is 40.0 Å². The smallest absolute Gasteiger partial charge is 0.225 e. The topological polar surface area (TPSA) is 38.3 Å². The second-order valence-corrected chi connectivity index (χ2v) is 5.37. The zero-order valence-electron chi connectivity index (χ0n) is 11.0. The van der Waals surface area contributed by atoms with E-state index in [1.165, 1.54) is 0 Å². The van der Waals surface area contributed by atoms with Crippen LogP contribution in [0.3, 0.4) is 0 Å². The first-order valence-electron chi connectivity index (χ1n) is 6.63. The van der Waals surface area contributed by atoms with Crippen molar-refractivity contribution in [2.24, 2.45) is 11.8 Å². The molecule has 1 saturated heterocycles. The molecule has 0 aromatic carbocycles. The molecule has 0 aromatic rings. The molecule has 0 spiro atoms. The van der Waals surface area contributed by atoms with E-state index in [2.05, 4.69) is 19.2 Å². The molecule has 0 saturated carbocycles. The highest BCUT2D eigenvalue weighted by Gasteiger charge is 2.31. The van der Waals surface area contributed by atoms with Gasteiger partial charge in [0, 0.05) is 13.2 Å². The van der Waals surface area contributed by atoms with E-state index >= 15 is 0 Å². The van der Waals surface area contributed by atoms with Crippen molar-refractivity contribution in [1.29, 1.82) is 0 Å². The maximum atomic E-state index is 11.9. The standard InChI is InChI=1S/C13H24ClNO2/c1-4-10(5-2)12(14)8-15-13(16)11-6-7-17-9(11)3/h9-12H,4-8H2,1-3H3,(H,15,16). The quantitative estimate of drug-likeness (QED) is 0.747. The van der Waals surface area contributed by atoms with Gasteiger partial charge in [0.05, 0.1) is 17.4 Å². The fraction of sp³-hybridized carbons (Fsp3) is 0.923. The minimum absolute atomic E-state index is 0.000528. The number of hydrogen-bond donors (Lipinski definition) is 1. The number of hydrogen-bond acceptors (Lipinski definition) is 2. The molecule has 0 aromatic heterocycles. The van der Waals surface area contributed by atoms with Gasteiger partial charge < -0.3 is 10.1 Å². The normalized spacial score (nSPS) is 26.2. The third kappa shape index (κ3) is 4.14. The van der Waals surface area contributed by atoms with Gasteiger partial charge in [-0.05, 0) is 19.3 Å². The molecule has 0 radical (unpaired) electrons. The Labute approximate surface area is 109 Å². The third-order valence-corrected chi connectivity index (χ3v) is 4.26. The van der Waals surface area contributed by atoms with Crippen LogP contribution in [-0.4, -0.2) is 30.5 Å². The molecule has 3 atom stereocenters. The largest absolute Gasteiger partial charge is 0.378 e. The van der Waals surface area contributed by atoms with Crippen LogP contribution >= 0.6 is 11.6 Å². The summed E-state index contributed by atoms with van der Waals surface area (Å²) in [4.78, 5) is 11.9. The van der Waals surface area contributed by atoms with Gasteiger partial charge in [-0.3, -0.25) is 4.79 Å². The van der Waals surface area contributed by atoms with E-state index in [9.17, 15) is 4.79 Å². The van der Waals surface area contributed by atoms with Gasteiger partial charge in [0.1, 0.15) is 0 Å². The van der Waals surface area contributed by atoms with Crippen LogP contribution in [-0.2, 0) is 9.53 Å². The Bertz CT molecular complexity index is 244. The summed E-state index contributed by atoms with van der Waals surface area (Å²) in [6, 6.07) is 0. The summed E-state index contributed by atoms with van der Waals surface area (Å²) in [6.45, 7) is 7.48. The van der Waals surface area contributed by atoms with Gasteiger partial charge in [-0.1, -0.05) is 26.7 Å². The number of carbonyl (C=O) groups excluding carboxylic acids is 1. The van der Waals surface area contributed by atoms with Crippen LogP contribution in [0.25, 0.3) is 0 Å². The van der Waals surface area contributed by atoms with Crippen LogP contribution in [0.15, 0.2) is 0 Å². The van der Waals surface area contributed by atoms with E-state index in [-0.39, 0.29) is 23.3 Å².